The van der Waals surface area contributed by atoms with Crippen molar-refractivity contribution in [3.05, 3.63) is 36.5 Å². The highest BCUT2D eigenvalue weighted by molar-refractivity contribution is 5.80. The summed E-state index contributed by atoms with van der Waals surface area (Å²) in [5, 5.41) is 11.0. The summed E-state index contributed by atoms with van der Waals surface area (Å²) >= 11 is 0. The fraction of sp³-hybridized carbons (Fsp3) is 0.743. The van der Waals surface area contributed by atoms with Crippen molar-refractivity contribution in [1.82, 2.24) is 5.32 Å². The Morgan fingerprint density at radius 3 is 1.76 bits per heavy atom. The van der Waals surface area contributed by atoms with Crippen molar-refractivity contribution in [2.24, 2.45) is 0 Å². The molecule has 236 valence electrons. The van der Waals surface area contributed by atoms with Gasteiger partial charge in [0.25, 0.3) is 0 Å². The number of esters is 1. The molecule has 1 unspecified atom stereocenters. The fourth-order valence-electron chi connectivity index (χ4n) is 4.62. The van der Waals surface area contributed by atoms with Gasteiger partial charge in [-0.15, -0.1) is 0 Å². The van der Waals surface area contributed by atoms with Gasteiger partial charge >= 0.3 is 11.9 Å². The molecule has 0 spiro atoms. The van der Waals surface area contributed by atoms with Gasteiger partial charge in [-0.25, -0.2) is 0 Å². The monoisotopic (exact) mass is 575 g/mol. The van der Waals surface area contributed by atoms with Crippen molar-refractivity contribution in [2.45, 2.75) is 161 Å². The zero-order valence-corrected chi connectivity index (χ0v) is 26.4. The largest absolute Gasteiger partial charge is 0.480 e. The molecule has 0 heterocycles. The van der Waals surface area contributed by atoms with E-state index in [9.17, 15) is 14.4 Å². The van der Waals surface area contributed by atoms with E-state index in [-0.39, 0.29) is 24.5 Å². The SMILES string of the molecule is CC/C=C\C/C=C\C/C=C\C(CCCCCCCCC(=O)NCC(=O)O)OC(=O)CCCCCCCCCCCC. The minimum atomic E-state index is -1.02. The van der Waals surface area contributed by atoms with E-state index in [0.29, 0.717) is 12.8 Å². The molecule has 0 rings (SSSR count). The number of unbranched alkanes of at least 4 members (excludes halogenated alkanes) is 14. The molecular formula is C35H61NO5. The highest BCUT2D eigenvalue weighted by Gasteiger charge is 2.11. The number of allylic oxidation sites excluding steroid dienone is 5. The first-order valence-electron chi connectivity index (χ1n) is 16.6. The van der Waals surface area contributed by atoms with E-state index < -0.39 is 5.97 Å². The average Bonchev–Trinajstić information content (AvgIpc) is 2.95. The van der Waals surface area contributed by atoms with Crippen molar-refractivity contribution < 1.29 is 24.2 Å². The van der Waals surface area contributed by atoms with Crippen LogP contribution in [0.1, 0.15) is 155 Å². The second kappa shape index (κ2) is 30.6. The molecule has 0 aromatic rings. The Labute approximate surface area is 251 Å². The summed E-state index contributed by atoms with van der Waals surface area (Å²) in [7, 11) is 0. The number of ether oxygens (including phenoxy) is 1. The summed E-state index contributed by atoms with van der Waals surface area (Å²) in [5.41, 5.74) is 0. The maximum atomic E-state index is 12.5. The zero-order chi connectivity index (χ0) is 30.2. The highest BCUT2D eigenvalue weighted by Crippen LogP contribution is 2.15. The van der Waals surface area contributed by atoms with Gasteiger partial charge in [-0.1, -0.05) is 128 Å². The summed E-state index contributed by atoms with van der Waals surface area (Å²) in [5.74, 6) is -1.30. The number of carbonyl (C=O) groups is 3. The lowest BCUT2D eigenvalue weighted by molar-refractivity contribution is -0.147. The summed E-state index contributed by atoms with van der Waals surface area (Å²) < 4.78 is 5.86. The van der Waals surface area contributed by atoms with Crippen LogP contribution in [0.4, 0.5) is 0 Å². The molecule has 6 heteroatoms. The second-order valence-electron chi connectivity index (χ2n) is 11.0. The van der Waals surface area contributed by atoms with Crippen molar-refractivity contribution >= 4 is 17.8 Å². The van der Waals surface area contributed by atoms with Gasteiger partial charge in [0.1, 0.15) is 12.6 Å². The molecule has 0 aromatic carbocycles. The quantitative estimate of drug-likeness (QED) is 0.0526. The number of amides is 1. The molecule has 6 nitrogen and oxygen atoms in total. The maximum absolute atomic E-state index is 12.5. The van der Waals surface area contributed by atoms with Crippen LogP contribution in [0.15, 0.2) is 36.5 Å². The van der Waals surface area contributed by atoms with Crippen LogP contribution < -0.4 is 5.32 Å². The molecule has 0 aromatic heterocycles. The number of carboxylic acid groups (broad SMARTS) is 1. The normalized spacial score (nSPS) is 12.4. The molecule has 0 bridgehead atoms. The van der Waals surface area contributed by atoms with Crippen molar-refractivity contribution in [3.8, 4) is 0 Å². The smallest absolute Gasteiger partial charge is 0.322 e. The van der Waals surface area contributed by atoms with Crippen molar-refractivity contribution in [3.63, 3.8) is 0 Å². The maximum Gasteiger partial charge on any atom is 0.322 e. The lowest BCUT2D eigenvalue weighted by Crippen LogP contribution is -2.28. The highest BCUT2D eigenvalue weighted by atomic mass is 16.5. The number of aliphatic carboxylic acids is 1. The number of hydrogen-bond donors (Lipinski definition) is 2. The van der Waals surface area contributed by atoms with Gasteiger partial charge in [-0.3, -0.25) is 14.4 Å². The number of nitrogens with one attached hydrogen (secondary N) is 1. The van der Waals surface area contributed by atoms with Gasteiger partial charge in [-0.2, -0.15) is 0 Å². The molecule has 2 N–H and O–H groups in total. The van der Waals surface area contributed by atoms with Gasteiger partial charge in [0, 0.05) is 12.8 Å². The van der Waals surface area contributed by atoms with Crippen LogP contribution in [0.2, 0.25) is 0 Å². The van der Waals surface area contributed by atoms with Crippen molar-refractivity contribution in [2.75, 3.05) is 6.54 Å². The van der Waals surface area contributed by atoms with Crippen molar-refractivity contribution in [1.29, 1.82) is 0 Å². The Bertz CT molecular complexity index is 728. The predicted octanol–water partition coefficient (Wildman–Crippen LogP) is 9.39. The molecule has 0 radical (unpaired) electrons. The summed E-state index contributed by atoms with van der Waals surface area (Å²) in [6.45, 7) is 4.07. The standard InChI is InChI=1S/C35H61NO5/c1-3-5-7-9-11-13-14-16-22-26-30-35(40)41-32(27-23-19-15-12-10-8-6-4-2)28-24-20-17-18-21-25-29-33(37)36-31-34(38)39/h6,8,12,15,23,27,32H,3-5,7,9-11,13-14,16-22,24-26,28-31H2,1-2H3,(H,36,37)(H,38,39)/b8-6-,15-12-,27-23-. The van der Waals surface area contributed by atoms with Crippen LogP contribution in [-0.4, -0.2) is 35.6 Å². The second-order valence-corrected chi connectivity index (χ2v) is 11.0. The molecule has 0 saturated heterocycles. The van der Waals surface area contributed by atoms with Gasteiger partial charge in [-0.05, 0) is 51.0 Å². The predicted molar refractivity (Wildman–Crippen MR) is 171 cm³/mol. The van der Waals surface area contributed by atoms with Gasteiger partial charge < -0.3 is 15.2 Å². The van der Waals surface area contributed by atoms with E-state index in [4.69, 9.17) is 9.84 Å². The first kappa shape index (κ1) is 38.6. The van der Waals surface area contributed by atoms with E-state index >= 15 is 0 Å². The Morgan fingerprint density at radius 1 is 0.659 bits per heavy atom. The minimum absolute atomic E-state index is 0.0827. The topological polar surface area (TPSA) is 92.7 Å². The van der Waals surface area contributed by atoms with Gasteiger partial charge in [0.2, 0.25) is 5.91 Å². The number of rotatable bonds is 29. The van der Waals surface area contributed by atoms with Crippen LogP contribution >= 0.6 is 0 Å². The molecule has 0 saturated carbocycles. The molecule has 1 amide bonds. The van der Waals surface area contributed by atoms with Gasteiger partial charge in [0.15, 0.2) is 0 Å². The molecule has 0 aliphatic heterocycles. The number of hydrogen-bond acceptors (Lipinski definition) is 4. The molecule has 0 fully saturated rings. The fourth-order valence-corrected chi connectivity index (χ4v) is 4.62. The third kappa shape index (κ3) is 30.4. The molecule has 41 heavy (non-hydrogen) atoms. The van der Waals surface area contributed by atoms with Crippen LogP contribution in [-0.2, 0) is 19.1 Å². The van der Waals surface area contributed by atoms with Crippen LogP contribution in [0, 0.1) is 0 Å². The van der Waals surface area contributed by atoms with E-state index in [0.717, 1.165) is 77.0 Å². The van der Waals surface area contributed by atoms with E-state index in [1.54, 1.807) is 0 Å². The lowest BCUT2D eigenvalue weighted by atomic mass is 10.0. The minimum Gasteiger partial charge on any atom is -0.480 e. The Morgan fingerprint density at radius 2 is 1.17 bits per heavy atom. The van der Waals surface area contributed by atoms with E-state index in [2.05, 4.69) is 55.6 Å². The third-order valence-electron chi connectivity index (χ3n) is 7.06. The Hall–Kier alpha value is -2.37. The molecular weight excluding hydrogens is 514 g/mol. The molecule has 0 aliphatic rings. The summed E-state index contributed by atoms with van der Waals surface area (Å²) in [6.07, 6.45) is 35.6. The number of carbonyl (C=O) groups excluding carboxylic acids is 2. The van der Waals surface area contributed by atoms with E-state index in [1.165, 1.54) is 51.4 Å². The molecule has 0 aliphatic carbocycles. The first-order valence-corrected chi connectivity index (χ1v) is 16.6. The van der Waals surface area contributed by atoms with Crippen LogP contribution in [0.3, 0.4) is 0 Å². The van der Waals surface area contributed by atoms with Crippen LogP contribution in [0.5, 0.6) is 0 Å². The van der Waals surface area contributed by atoms with Crippen LogP contribution in [0.25, 0.3) is 0 Å². The Kier molecular flexibility index (Phi) is 28.8. The summed E-state index contributed by atoms with van der Waals surface area (Å²) in [6, 6.07) is 0. The lowest BCUT2D eigenvalue weighted by Gasteiger charge is -2.14. The first-order chi connectivity index (χ1) is 20.0. The number of carboxylic acids is 1. The third-order valence-corrected chi connectivity index (χ3v) is 7.06. The van der Waals surface area contributed by atoms with E-state index in [1.807, 2.05) is 0 Å². The van der Waals surface area contributed by atoms with Gasteiger partial charge in [0.05, 0.1) is 0 Å². The average molecular weight is 576 g/mol. The zero-order valence-electron chi connectivity index (χ0n) is 26.4. The summed E-state index contributed by atoms with van der Waals surface area (Å²) in [4.78, 5) is 34.6. The molecule has 1 atom stereocenters. The Balaban J connectivity index is 4.25.